The first-order valence-corrected chi connectivity index (χ1v) is 13.8. The number of rotatable bonds is 3. The molecule has 4 heteroatoms. The molecule has 1 heterocycles. The molecule has 0 N–H and O–H groups in total. The van der Waals surface area contributed by atoms with Gasteiger partial charge < -0.3 is 8.39 Å². The second kappa shape index (κ2) is 9.07. The van der Waals surface area contributed by atoms with Gasteiger partial charge in [0, 0.05) is 34.0 Å². The Balaban J connectivity index is 2.83. The summed E-state index contributed by atoms with van der Waals surface area (Å²) in [4.78, 5) is 0. The SMILES string of the molecule is Cc1cc(C(C)(C)C)c2op(N(C(C)C)C(C)C)oc3c(C(C)(C)C)cc(C)c(C)c3c2c1C. The van der Waals surface area contributed by atoms with Gasteiger partial charge in [-0.3, -0.25) is 0 Å². The van der Waals surface area contributed by atoms with Crippen molar-refractivity contribution in [1.82, 2.24) is 0 Å². The van der Waals surface area contributed by atoms with Crippen molar-refractivity contribution in [3.8, 4) is 0 Å². The summed E-state index contributed by atoms with van der Waals surface area (Å²) in [6.07, 6.45) is 0. The van der Waals surface area contributed by atoms with E-state index < -0.39 is 8.16 Å². The van der Waals surface area contributed by atoms with Gasteiger partial charge in [0.1, 0.15) is 11.2 Å². The van der Waals surface area contributed by atoms with Crippen molar-refractivity contribution < 1.29 is 8.39 Å². The predicted octanol–water partition coefficient (Wildman–Crippen LogP) is 9.87. The van der Waals surface area contributed by atoms with Crippen LogP contribution in [0.25, 0.3) is 21.9 Å². The molecule has 3 nitrogen and oxygen atoms in total. The van der Waals surface area contributed by atoms with Crippen LogP contribution in [0.5, 0.6) is 0 Å². The van der Waals surface area contributed by atoms with Crippen molar-refractivity contribution in [2.75, 3.05) is 4.67 Å². The highest BCUT2D eigenvalue weighted by Gasteiger charge is 2.29. The molecule has 0 unspecified atom stereocenters. The molecule has 1 aromatic heterocycles. The van der Waals surface area contributed by atoms with Gasteiger partial charge >= 0.3 is 8.16 Å². The first kappa shape index (κ1) is 26.9. The topological polar surface area (TPSA) is 29.5 Å². The third-order valence-corrected chi connectivity index (χ3v) is 9.03. The fraction of sp³-hybridized carbons (Fsp3) is 0.600. The molecular weight excluding hydrogens is 437 g/mol. The van der Waals surface area contributed by atoms with Gasteiger partial charge in [0.25, 0.3) is 0 Å². The molecule has 0 aliphatic heterocycles. The molecule has 0 saturated carbocycles. The van der Waals surface area contributed by atoms with Gasteiger partial charge in [-0.1, -0.05) is 53.7 Å². The maximum atomic E-state index is 7.05. The summed E-state index contributed by atoms with van der Waals surface area (Å²) in [5.41, 5.74) is 9.54. The van der Waals surface area contributed by atoms with Crippen LogP contribution in [0.1, 0.15) is 103 Å². The van der Waals surface area contributed by atoms with E-state index in [-0.39, 0.29) is 10.8 Å². The molecule has 2 aromatic carbocycles. The number of aryl methyl sites for hydroxylation is 4. The summed E-state index contributed by atoms with van der Waals surface area (Å²) in [7, 11) is -1.35. The average molecular weight is 484 g/mol. The van der Waals surface area contributed by atoms with E-state index >= 15 is 0 Å². The molecule has 34 heavy (non-hydrogen) atoms. The average Bonchev–Trinajstić information content (AvgIpc) is 2.82. The molecule has 3 aromatic rings. The third kappa shape index (κ3) is 4.71. The molecule has 0 aliphatic carbocycles. The molecule has 0 aliphatic rings. The minimum Gasteiger partial charge on any atom is -0.407 e. The van der Waals surface area contributed by atoms with Crippen molar-refractivity contribution in [2.45, 2.75) is 120 Å². The monoisotopic (exact) mass is 483 g/mol. The molecule has 188 valence electrons. The summed E-state index contributed by atoms with van der Waals surface area (Å²) in [6.45, 7) is 31.5. The Morgan fingerprint density at radius 3 is 1.24 bits per heavy atom. The highest BCUT2D eigenvalue weighted by molar-refractivity contribution is 7.39. The Morgan fingerprint density at radius 2 is 0.971 bits per heavy atom. The van der Waals surface area contributed by atoms with Crippen LogP contribution in [0.2, 0.25) is 0 Å². The lowest BCUT2D eigenvalue weighted by molar-refractivity contribution is 0.545. The standard InChI is InChI=1S/C30H46NO2P/c1-17(2)31(18(3)4)34-32-27-23(29(9,10)11)15-19(5)21(7)25(27)26-22(8)20(6)16-24(28(26)33-34)30(12,13)14/h15-18H,1-14H3. The van der Waals surface area contributed by atoms with Crippen LogP contribution in [-0.2, 0) is 10.8 Å². The van der Waals surface area contributed by atoms with E-state index in [0.717, 1.165) is 11.2 Å². The van der Waals surface area contributed by atoms with Gasteiger partial charge in [-0.15, -0.1) is 0 Å². The second-order valence-corrected chi connectivity index (χ2v) is 13.9. The minimum atomic E-state index is -1.35. The van der Waals surface area contributed by atoms with Gasteiger partial charge in [-0.2, -0.15) is 4.67 Å². The van der Waals surface area contributed by atoms with Crippen LogP contribution >= 0.6 is 8.16 Å². The molecule has 0 atom stereocenters. The number of hydrogen-bond donors (Lipinski definition) is 0. The number of hydrogen-bond acceptors (Lipinski definition) is 3. The van der Waals surface area contributed by atoms with E-state index in [4.69, 9.17) is 8.39 Å². The minimum absolute atomic E-state index is 0.0564. The van der Waals surface area contributed by atoms with E-state index in [0.29, 0.717) is 12.1 Å². The highest BCUT2D eigenvalue weighted by atomic mass is 31.1. The first-order valence-electron chi connectivity index (χ1n) is 12.7. The van der Waals surface area contributed by atoms with E-state index in [1.54, 1.807) is 0 Å². The Bertz CT molecular complexity index is 1170. The van der Waals surface area contributed by atoms with E-state index in [1.807, 2.05) is 0 Å². The van der Waals surface area contributed by atoms with Crippen molar-refractivity contribution in [3.63, 3.8) is 0 Å². The Labute approximate surface area is 208 Å². The second-order valence-electron chi connectivity index (χ2n) is 12.6. The number of fused-ring (bicyclic) bond motifs is 3. The van der Waals surface area contributed by atoms with Gasteiger partial charge in [-0.05, 0) is 88.5 Å². The molecule has 0 fully saturated rings. The maximum Gasteiger partial charge on any atom is 0.310 e. The Morgan fingerprint density at radius 1 is 0.647 bits per heavy atom. The fourth-order valence-corrected chi connectivity index (χ4v) is 6.61. The van der Waals surface area contributed by atoms with Crippen LogP contribution in [0.15, 0.2) is 20.5 Å². The van der Waals surface area contributed by atoms with E-state index in [2.05, 4.69) is 114 Å². The summed E-state index contributed by atoms with van der Waals surface area (Å²) < 4.78 is 16.5. The van der Waals surface area contributed by atoms with Gasteiger partial charge in [0.05, 0.1) is 0 Å². The lowest BCUT2D eigenvalue weighted by atomic mass is 9.81. The molecule has 0 radical (unpaired) electrons. The maximum absolute atomic E-state index is 7.05. The zero-order valence-electron chi connectivity index (χ0n) is 24.0. The highest BCUT2D eigenvalue weighted by Crippen LogP contribution is 2.47. The zero-order chi connectivity index (χ0) is 25.9. The molecular formula is C30H46NO2P. The third-order valence-electron chi connectivity index (χ3n) is 7.05. The van der Waals surface area contributed by atoms with Crippen molar-refractivity contribution in [1.29, 1.82) is 0 Å². The van der Waals surface area contributed by atoms with Crippen LogP contribution < -0.4 is 4.67 Å². The van der Waals surface area contributed by atoms with E-state index in [9.17, 15) is 0 Å². The molecule has 0 saturated heterocycles. The van der Waals surface area contributed by atoms with Crippen molar-refractivity contribution in [2.24, 2.45) is 0 Å². The summed E-state index contributed by atoms with van der Waals surface area (Å²) in [5, 5.41) is 2.42. The van der Waals surface area contributed by atoms with Crippen LogP contribution in [0, 0.1) is 27.7 Å². The first-order chi connectivity index (χ1) is 15.5. The summed E-state index contributed by atoms with van der Waals surface area (Å²) in [5.74, 6) is 0. The number of nitrogens with zero attached hydrogens (tertiary/aromatic N) is 1. The fourth-order valence-electron chi connectivity index (χ4n) is 4.93. The van der Waals surface area contributed by atoms with Crippen molar-refractivity contribution in [3.05, 3.63) is 45.5 Å². The molecule has 0 amide bonds. The van der Waals surface area contributed by atoms with E-state index in [1.165, 1.54) is 44.2 Å². The summed E-state index contributed by atoms with van der Waals surface area (Å²) >= 11 is 0. The quantitative estimate of drug-likeness (QED) is 0.371. The molecule has 0 spiro atoms. The molecule has 0 bridgehead atoms. The van der Waals surface area contributed by atoms with Gasteiger partial charge in [0.15, 0.2) is 0 Å². The lowest BCUT2D eigenvalue weighted by Crippen LogP contribution is -2.34. The largest absolute Gasteiger partial charge is 0.407 e. The lowest BCUT2D eigenvalue weighted by Gasteiger charge is -2.27. The smallest absolute Gasteiger partial charge is 0.310 e. The zero-order valence-corrected chi connectivity index (χ0v) is 24.9. The predicted molar refractivity (Wildman–Crippen MR) is 151 cm³/mol. The van der Waals surface area contributed by atoms with Crippen LogP contribution in [0.3, 0.4) is 0 Å². The number of benzene rings is 2. The summed E-state index contributed by atoms with van der Waals surface area (Å²) in [6, 6.07) is 5.26. The Kier molecular flexibility index (Phi) is 7.17. The van der Waals surface area contributed by atoms with Crippen LogP contribution in [0.4, 0.5) is 0 Å². The molecule has 3 rings (SSSR count). The normalized spacial score (nSPS) is 13.2. The van der Waals surface area contributed by atoms with Crippen molar-refractivity contribution >= 4 is 30.1 Å². The van der Waals surface area contributed by atoms with Gasteiger partial charge in [0.2, 0.25) is 0 Å². The van der Waals surface area contributed by atoms with Crippen LogP contribution in [-0.4, -0.2) is 12.1 Å². The Hall–Kier alpha value is -1.70. The van der Waals surface area contributed by atoms with Gasteiger partial charge in [-0.25, -0.2) is 0 Å².